The fraction of sp³-hybridized carbons (Fsp3) is 0.600. The van der Waals surface area contributed by atoms with E-state index >= 15 is 0 Å². The Labute approximate surface area is 109 Å². The van der Waals surface area contributed by atoms with Crippen molar-refractivity contribution < 1.29 is 4.74 Å². The van der Waals surface area contributed by atoms with Gasteiger partial charge in [-0.15, -0.1) is 0 Å². The van der Waals surface area contributed by atoms with Crippen molar-refractivity contribution >= 4 is 5.69 Å². The highest BCUT2D eigenvalue weighted by atomic mass is 16.5. The second-order valence-electron chi connectivity index (χ2n) is 5.81. The van der Waals surface area contributed by atoms with E-state index in [0.717, 1.165) is 12.3 Å². The zero-order chi connectivity index (χ0) is 12.6. The number of ether oxygens (including phenoxy) is 1. The second kappa shape index (κ2) is 4.47. The number of benzene rings is 1. The molecule has 3 rings (SSSR count). The summed E-state index contributed by atoms with van der Waals surface area (Å²) in [6, 6.07) is 9.02. The Morgan fingerprint density at radius 3 is 2.61 bits per heavy atom. The van der Waals surface area contributed by atoms with Crippen LogP contribution in [0.2, 0.25) is 0 Å². The number of nitrogens with zero attached hydrogens (tertiary/aromatic N) is 1. The van der Waals surface area contributed by atoms with Gasteiger partial charge in [0, 0.05) is 36.8 Å². The molecule has 0 bridgehead atoms. The van der Waals surface area contributed by atoms with E-state index in [0.29, 0.717) is 11.5 Å². The molecule has 1 aromatic carbocycles. The Bertz CT molecular complexity index is 411. The number of methoxy groups -OCH3 is 1. The molecule has 1 N–H and O–H groups in total. The van der Waals surface area contributed by atoms with Crippen molar-refractivity contribution in [3.8, 4) is 5.75 Å². The van der Waals surface area contributed by atoms with Crippen LogP contribution >= 0.6 is 0 Å². The minimum Gasteiger partial charge on any atom is -0.497 e. The molecule has 98 valence electrons. The quantitative estimate of drug-likeness (QED) is 0.866. The van der Waals surface area contributed by atoms with Crippen LogP contribution < -0.4 is 15.0 Å². The average molecular weight is 246 g/mol. The summed E-state index contributed by atoms with van der Waals surface area (Å²) in [5.74, 6) is 0.931. The number of anilines is 1. The molecule has 18 heavy (non-hydrogen) atoms. The largest absolute Gasteiger partial charge is 0.497 e. The molecule has 2 aliphatic rings. The van der Waals surface area contributed by atoms with Crippen molar-refractivity contribution in [3.63, 3.8) is 0 Å². The lowest BCUT2D eigenvalue weighted by atomic mass is 10.1. The number of hydrogen-bond donors (Lipinski definition) is 1. The van der Waals surface area contributed by atoms with Gasteiger partial charge in [0.1, 0.15) is 5.75 Å². The Morgan fingerprint density at radius 1 is 1.28 bits per heavy atom. The smallest absolute Gasteiger partial charge is 0.119 e. The average Bonchev–Trinajstić information content (AvgIpc) is 3.18. The summed E-state index contributed by atoms with van der Waals surface area (Å²) >= 11 is 0. The zero-order valence-electron chi connectivity index (χ0n) is 11.3. The molecule has 1 aromatic rings. The first-order chi connectivity index (χ1) is 8.72. The lowest BCUT2D eigenvalue weighted by molar-refractivity contribution is 0.414. The van der Waals surface area contributed by atoms with Gasteiger partial charge >= 0.3 is 0 Å². The van der Waals surface area contributed by atoms with Crippen LogP contribution in [0.25, 0.3) is 0 Å². The highest BCUT2D eigenvalue weighted by Crippen LogP contribution is 2.47. The van der Waals surface area contributed by atoms with Crippen molar-refractivity contribution in [1.29, 1.82) is 0 Å². The van der Waals surface area contributed by atoms with Crippen LogP contribution in [0.3, 0.4) is 0 Å². The van der Waals surface area contributed by atoms with Gasteiger partial charge in [-0.2, -0.15) is 0 Å². The molecule has 1 saturated carbocycles. The summed E-state index contributed by atoms with van der Waals surface area (Å²) in [5, 5.41) is 3.61. The summed E-state index contributed by atoms with van der Waals surface area (Å²) in [5.41, 5.74) is 1.86. The first-order valence-corrected chi connectivity index (χ1v) is 6.84. The maximum Gasteiger partial charge on any atom is 0.119 e. The van der Waals surface area contributed by atoms with Gasteiger partial charge in [0.2, 0.25) is 0 Å². The molecular formula is C15H22N2O. The second-order valence-corrected chi connectivity index (χ2v) is 5.81. The molecule has 3 heteroatoms. The van der Waals surface area contributed by atoms with E-state index in [1.165, 1.54) is 31.6 Å². The van der Waals surface area contributed by atoms with Gasteiger partial charge in [0.05, 0.1) is 7.11 Å². The van der Waals surface area contributed by atoms with E-state index in [9.17, 15) is 0 Å². The molecule has 1 saturated heterocycles. The third kappa shape index (κ3) is 2.19. The summed E-state index contributed by atoms with van der Waals surface area (Å²) in [6.07, 6.45) is 2.75. The van der Waals surface area contributed by atoms with Gasteiger partial charge in [0.15, 0.2) is 0 Å². The van der Waals surface area contributed by atoms with Gasteiger partial charge in [-0.05, 0) is 44.0 Å². The minimum absolute atomic E-state index is 0.546. The van der Waals surface area contributed by atoms with Gasteiger partial charge in [-0.1, -0.05) is 0 Å². The van der Waals surface area contributed by atoms with Crippen LogP contribution in [0.1, 0.15) is 19.8 Å². The van der Waals surface area contributed by atoms with Crippen LogP contribution in [-0.4, -0.2) is 32.8 Å². The predicted octanol–water partition coefficient (Wildman–Crippen LogP) is 2.27. The standard InChI is InChI=1S/C15H22N2O/c1-12-9-16-10-15(7-8-15)11-17(12)13-3-5-14(18-2)6-4-13/h3-6,12,16H,7-11H2,1-2H3. The van der Waals surface area contributed by atoms with Crippen LogP contribution in [0.15, 0.2) is 24.3 Å². The third-order valence-electron chi connectivity index (χ3n) is 4.34. The first kappa shape index (κ1) is 11.8. The zero-order valence-corrected chi connectivity index (χ0v) is 11.3. The molecule has 0 amide bonds. The Hall–Kier alpha value is -1.22. The maximum atomic E-state index is 5.23. The molecule has 0 aromatic heterocycles. The van der Waals surface area contributed by atoms with E-state index in [2.05, 4.69) is 41.4 Å². The van der Waals surface area contributed by atoms with Crippen molar-refractivity contribution in [2.75, 3.05) is 31.6 Å². The van der Waals surface area contributed by atoms with E-state index < -0.39 is 0 Å². The van der Waals surface area contributed by atoms with Crippen LogP contribution in [-0.2, 0) is 0 Å². The maximum absolute atomic E-state index is 5.23. The molecule has 1 aliphatic heterocycles. The molecule has 1 atom stereocenters. The minimum atomic E-state index is 0.546. The van der Waals surface area contributed by atoms with E-state index in [1.54, 1.807) is 7.11 Å². The number of rotatable bonds is 2. The SMILES string of the molecule is COc1ccc(N2CC3(CC3)CNCC2C)cc1. The van der Waals surface area contributed by atoms with E-state index in [4.69, 9.17) is 4.74 Å². The van der Waals surface area contributed by atoms with Crippen LogP contribution in [0, 0.1) is 5.41 Å². The molecule has 1 aliphatic carbocycles. The van der Waals surface area contributed by atoms with Crippen molar-refractivity contribution in [1.82, 2.24) is 5.32 Å². The molecule has 1 spiro atoms. The summed E-state index contributed by atoms with van der Waals surface area (Å²) < 4.78 is 5.23. The number of nitrogens with one attached hydrogen (secondary N) is 1. The first-order valence-electron chi connectivity index (χ1n) is 6.84. The van der Waals surface area contributed by atoms with E-state index in [1.807, 2.05) is 0 Å². The van der Waals surface area contributed by atoms with Crippen molar-refractivity contribution in [2.24, 2.45) is 5.41 Å². The fourth-order valence-electron chi connectivity index (χ4n) is 2.86. The van der Waals surface area contributed by atoms with Crippen molar-refractivity contribution in [2.45, 2.75) is 25.8 Å². The van der Waals surface area contributed by atoms with Gasteiger partial charge in [-0.25, -0.2) is 0 Å². The Morgan fingerprint density at radius 2 is 2.00 bits per heavy atom. The van der Waals surface area contributed by atoms with Gasteiger partial charge < -0.3 is 15.0 Å². The fourth-order valence-corrected chi connectivity index (χ4v) is 2.86. The number of hydrogen-bond acceptors (Lipinski definition) is 3. The Kier molecular flexibility index (Phi) is 2.94. The summed E-state index contributed by atoms with van der Waals surface area (Å²) in [7, 11) is 1.71. The third-order valence-corrected chi connectivity index (χ3v) is 4.34. The molecule has 1 heterocycles. The molecule has 2 fully saturated rings. The van der Waals surface area contributed by atoms with Gasteiger partial charge in [0.25, 0.3) is 0 Å². The molecular weight excluding hydrogens is 224 g/mol. The van der Waals surface area contributed by atoms with Crippen molar-refractivity contribution in [3.05, 3.63) is 24.3 Å². The lowest BCUT2D eigenvalue weighted by Crippen LogP contribution is -2.38. The van der Waals surface area contributed by atoms with E-state index in [-0.39, 0.29) is 0 Å². The normalized spacial score (nSPS) is 25.9. The highest BCUT2D eigenvalue weighted by molar-refractivity contribution is 5.50. The molecule has 1 unspecified atom stereocenters. The lowest BCUT2D eigenvalue weighted by Gasteiger charge is -2.31. The molecule has 0 radical (unpaired) electrons. The van der Waals surface area contributed by atoms with Crippen LogP contribution in [0.5, 0.6) is 5.75 Å². The predicted molar refractivity (Wildman–Crippen MR) is 74.3 cm³/mol. The topological polar surface area (TPSA) is 24.5 Å². The van der Waals surface area contributed by atoms with Gasteiger partial charge in [-0.3, -0.25) is 0 Å². The van der Waals surface area contributed by atoms with Crippen LogP contribution in [0.4, 0.5) is 5.69 Å². The monoisotopic (exact) mass is 246 g/mol. The summed E-state index contributed by atoms with van der Waals surface area (Å²) in [6.45, 7) is 5.75. The summed E-state index contributed by atoms with van der Waals surface area (Å²) in [4.78, 5) is 2.55. The Balaban J connectivity index is 1.82. The highest BCUT2D eigenvalue weighted by Gasteiger charge is 2.45. The molecule has 3 nitrogen and oxygen atoms in total.